The van der Waals surface area contributed by atoms with E-state index in [0.717, 1.165) is 11.3 Å². The van der Waals surface area contributed by atoms with Crippen LogP contribution in [-0.2, 0) is 0 Å². The molecule has 0 spiro atoms. The molecule has 0 atom stereocenters. The molecule has 0 unspecified atom stereocenters. The number of nitrogens with zero attached hydrogens (tertiary/aromatic N) is 2. The SMILES string of the molecule is COc1cccc(NC(=O)c2ccc3nc(C)cn3c2)c1. The zero-order valence-electron chi connectivity index (χ0n) is 11.8. The molecule has 0 aliphatic rings. The number of rotatable bonds is 3. The molecule has 1 N–H and O–H groups in total. The van der Waals surface area contributed by atoms with Crippen LogP contribution in [0.1, 0.15) is 16.1 Å². The second-order valence-electron chi connectivity index (χ2n) is 4.75. The van der Waals surface area contributed by atoms with Crippen LogP contribution in [0.4, 0.5) is 5.69 Å². The van der Waals surface area contributed by atoms with E-state index in [9.17, 15) is 4.79 Å². The molecule has 0 aliphatic heterocycles. The van der Waals surface area contributed by atoms with Gasteiger partial charge in [0.25, 0.3) is 5.91 Å². The Kier molecular flexibility index (Phi) is 3.31. The number of nitrogens with one attached hydrogen (secondary N) is 1. The zero-order valence-corrected chi connectivity index (χ0v) is 11.8. The monoisotopic (exact) mass is 281 g/mol. The number of pyridine rings is 1. The minimum atomic E-state index is -0.170. The lowest BCUT2D eigenvalue weighted by molar-refractivity contribution is 0.102. The van der Waals surface area contributed by atoms with Crippen LogP contribution in [0, 0.1) is 6.92 Å². The van der Waals surface area contributed by atoms with Crippen LogP contribution in [0.5, 0.6) is 5.75 Å². The summed E-state index contributed by atoms with van der Waals surface area (Å²) in [5.74, 6) is 0.532. The Morgan fingerprint density at radius 3 is 2.90 bits per heavy atom. The lowest BCUT2D eigenvalue weighted by Gasteiger charge is -2.07. The average molecular weight is 281 g/mol. The van der Waals surface area contributed by atoms with Crippen LogP contribution < -0.4 is 10.1 Å². The van der Waals surface area contributed by atoms with Crippen molar-refractivity contribution in [1.82, 2.24) is 9.38 Å². The molecule has 0 bridgehead atoms. The standard InChI is InChI=1S/C16H15N3O2/c1-11-9-19-10-12(6-7-15(19)17-11)16(20)18-13-4-3-5-14(8-13)21-2/h3-10H,1-2H3,(H,18,20). The van der Waals surface area contributed by atoms with Gasteiger partial charge in [-0.2, -0.15) is 0 Å². The number of carbonyl (C=O) groups is 1. The lowest BCUT2D eigenvalue weighted by atomic mass is 10.2. The Balaban J connectivity index is 1.85. The van der Waals surface area contributed by atoms with E-state index >= 15 is 0 Å². The highest BCUT2D eigenvalue weighted by Gasteiger charge is 2.08. The van der Waals surface area contributed by atoms with Crippen molar-refractivity contribution in [2.24, 2.45) is 0 Å². The Hall–Kier alpha value is -2.82. The topological polar surface area (TPSA) is 55.6 Å². The molecule has 2 aromatic heterocycles. The molecule has 0 fully saturated rings. The number of carbonyl (C=O) groups excluding carboxylic acids is 1. The highest BCUT2D eigenvalue weighted by molar-refractivity contribution is 6.04. The predicted molar refractivity (Wildman–Crippen MR) is 80.9 cm³/mol. The minimum Gasteiger partial charge on any atom is -0.497 e. The van der Waals surface area contributed by atoms with Gasteiger partial charge in [-0.25, -0.2) is 4.98 Å². The largest absolute Gasteiger partial charge is 0.497 e. The summed E-state index contributed by atoms with van der Waals surface area (Å²) >= 11 is 0. The molecule has 0 saturated carbocycles. The normalized spacial score (nSPS) is 10.6. The highest BCUT2D eigenvalue weighted by atomic mass is 16.5. The van der Waals surface area contributed by atoms with Crippen molar-refractivity contribution < 1.29 is 9.53 Å². The number of hydrogen-bond acceptors (Lipinski definition) is 3. The van der Waals surface area contributed by atoms with Crippen LogP contribution in [-0.4, -0.2) is 22.4 Å². The molecule has 0 radical (unpaired) electrons. The molecule has 0 saturated heterocycles. The van der Waals surface area contributed by atoms with E-state index in [1.165, 1.54) is 0 Å². The Labute approximate surface area is 122 Å². The van der Waals surface area contributed by atoms with Crippen molar-refractivity contribution >= 4 is 17.2 Å². The number of benzene rings is 1. The Morgan fingerprint density at radius 2 is 2.10 bits per heavy atom. The van der Waals surface area contributed by atoms with Gasteiger partial charge in [0.2, 0.25) is 0 Å². The molecule has 2 heterocycles. The van der Waals surface area contributed by atoms with Crippen molar-refractivity contribution in [3.63, 3.8) is 0 Å². The average Bonchev–Trinajstić information content (AvgIpc) is 2.86. The first-order valence-electron chi connectivity index (χ1n) is 6.56. The molecule has 0 aliphatic carbocycles. The van der Waals surface area contributed by atoms with E-state index in [0.29, 0.717) is 17.0 Å². The van der Waals surface area contributed by atoms with Gasteiger partial charge in [0, 0.05) is 24.1 Å². The molecule has 3 rings (SSSR count). The minimum absolute atomic E-state index is 0.170. The summed E-state index contributed by atoms with van der Waals surface area (Å²) in [6, 6.07) is 10.8. The van der Waals surface area contributed by atoms with Gasteiger partial charge in [-0.05, 0) is 31.2 Å². The first-order valence-corrected chi connectivity index (χ1v) is 6.56. The van der Waals surface area contributed by atoms with E-state index in [2.05, 4.69) is 10.3 Å². The number of ether oxygens (including phenoxy) is 1. The van der Waals surface area contributed by atoms with Gasteiger partial charge >= 0.3 is 0 Å². The summed E-state index contributed by atoms with van der Waals surface area (Å²) in [4.78, 5) is 16.6. The molecule has 1 amide bonds. The number of aromatic nitrogens is 2. The summed E-state index contributed by atoms with van der Waals surface area (Å²) in [5, 5.41) is 2.85. The van der Waals surface area contributed by atoms with Gasteiger partial charge in [-0.1, -0.05) is 6.07 Å². The summed E-state index contributed by atoms with van der Waals surface area (Å²) in [5.41, 5.74) is 3.01. The molecule has 21 heavy (non-hydrogen) atoms. The maximum Gasteiger partial charge on any atom is 0.257 e. The Morgan fingerprint density at radius 1 is 1.24 bits per heavy atom. The van der Waals surface area contributed by atoms with E-state index in [-0.39, 0.29) is 5.91 Å². The second kappa shape index (κ2) is 5.28. The quantitative estimate of drug-likeness (QED) is 0.803. The number of amides is 1. The van der Waals surface area contributed by atoms with Crippen LogP contribution in [0.3, 0.4) is 0 Å². The molecule has 3 aromatic rings. The first kappa shape index (κ1) is 13.2. The van der Waals surface area contributed by atoms with E-state index in [4.69, 9.17) is 4.74 Å². The number of methoxy groups -OCH3 is 1. The summed E-state index contributed by atoms with van der Waals surface area (Å²) in [6.45, 7) is 1.92. The van der Waals surface area contributed by atoms with Crippen molar-refractivity contribution in [2.45, 2.75) is 6.92 Å². The van der Waals surface area contributed by atoms with Crippen LogP contribution in [0.15, 0.2) is 48.8 Å². The van der Waals surface area contributed by atoms with Gasteiger partial charge < -0.3 is 14.5 Å². The van der Waals surface area contributed by atoms with Gasteiger partial charge in [0.05, 0.1) is 18.4 Å². The molecule has 5 heteroatoms. The molecule has 106 valence electrons. The number of hydrogen-bond donors (Lipinski definition) is 1. The smallest absolute Gasteiger partial charge is 0.257 e. The van der Waals surface area contributed by atoms with Crippen molar-refractivity contribution in [2.75, 3.05) is 12.4 Å². The summed E-state index contributed by atoms with van der Waals surface area (Å²) in [7, 11) is 1.59. The number of aryl methyl sites for hydroxylation is 1. The Bertz CT molecular complexity index is 808. The maximum atomic E-state index is 12.3. The third-order valence-corrected chi connectivity index (χ3v) is 3.16. The zero-order chi connectivity index (χ0) is 14.8. The first-order chi connectivity index (χ1) is 10.2. The van der Waals surface area contributed by atoms with Crippen LogP contribution >= 0.6 is 0 Å². The van der Waals surface area contributed by atoms with Crippen LogP contribution in [0.25, 0.3) is 5.65 Å². The lowest BCUT2D eigenvalue weighted by Crippen LogP contribution is -2.12. The van der Waals surface area contributed by atoms with Crippen molar-refractivity contribution in [3.8, 4) is 5.75 Å². The summed E-state index contributed by atoms with van der Waals surface area (Å²) < 4.78 is 6.98. The third kappa shape index (κ3) is 2.72. The molecular weight excluding hydrogens is 266 g/mol. The fourth-order valence-corrected chi connectivity index (χ4v) is 2.16. The second-order valence-corrected chi connectivity index (χ2v) is 4.75. The van der Waals surface area contributed by atoms with E-state index in [1.807, 2.05) is 41.8 Å². The van der Waals surface area contributed by atoms with Gasteiger partial charge in [0.1, 0.15) is 11.4 Å². The fraction of sp³-hybridized carbons (Fsp3) is 0.125. The fourth-order valence-electron chi connectivity index (χ4n) is 2.16. The van der Waals surface area contributed by atoms with Gasteiger partial charge in [-0.3, -0.25) is 4.79 Å². The summed E-state index contributed by atoms with van der Waals surface area (Å²) in [6.07, 6.45) is 3.66. The molecule has 5 nitrogen and oxygen atoms in total. The van der Waals surface area contributed by atoms with Crippen molar-refractivity contribution in [3.05, 3.63) is 60.0 Å². The molecular formula is C16H15N3O2. The third-order valence-electron chi connectivity index (χ3n) is 3.16. The van der Waals surface area contributed by atoms with E-state index < -0.39 is 0 Å². The molecule has 1 aromatic carbocycles. The number of fused-ring (bicyclic) bond motifs is 1. The predicted octanol–water partition coefficient (Wildman–Crippen LogP) is 2.90. The number of anilines is 1. The van der Waals surface area contributed by atoms with Gasteiger partial charge in [0.15, 0.2) is 0 Å². The van der Waals surface area contributed by atoms with Crippen molar-refractivity contribution in [1.29, 1.82) is 0 Å². The number of imidazole rings is 1. The van der Waals surface area contributed by atoms with Crippen LogP contribution in [0.2, 0.25) is 0 Å². The highest BCUT2D eigenvalue weighted by Crippen LogP contribution is 2.17. The maximum absolute atomic E-state index is 12.3. The van der Waals surface area contributed by atoms with E-state index in [1.54, 1.807) is 25.4 Å². The van der Waals surface area contributed by atoms with Gasteiger partial charge in [-0.15, -0.1) is 0 Å².